The monoisotopic (exact) mass is 238 g/mol. The van der Waals surface area contributed by atoms with E-state index in [4.69, 9.17) is 0 Å². The van der Waals surface area contributed by atoms with Crippen molar-refractivity contribution in [3.05, 3.63) is 22.4 Å². The average molecular weight is 238 g/mol. The Hall–Kier alpha value is -1.36. The van der Waals surface area contributed by atoms with Crippen LogP contribution in [0.1, 0.15) is 17.7 Å². The molecule has 0 aromatic carbocycles. The summed E-state index contributed by atoms with van der Waals surface area (Å²) < 4.78 is 0. The molecule has 1 aliphatic rings. The fourth-order valence-electron chi connectivity index (χ4n) is 1.94. The number of likely N-dealkylation sites (tertiary alicyclic amines) is 1. The van der Waals surface area contributed by atoms with Gasteiger partial charge in [-0.1, -0.05) is 6.07 Å². The Balaban J connectivity index is 2.10. The molecule has 1 aliphatic heterocycles. The van der Waals surface area contributed by atoms with Crippen molar-refractivity contribution in [3.63, 3.8) is 0 Å². The molecule has 1 aromatic heterocycles. The van der Waals surface area contributed by atoms with Crippen LogP contribution in [0.2, 0.25) is 0 Å². The van der Waals surface area contributed by atoms with Crippen molar-refractivity contribution in [1.29, 1.82) is 0 Å². The highest BCUT2D eigenvalue weighted by atomic mass is 32.1. The van der Waals surface area contributed by atoms with Crippen molar-refractivity contribution in [2.45, 2.75) is 25.4 Å². The first-order chi connectivity index (χ1) is 7.72. The molecule has 1 fully saturated rings. The highest BCUT2D eigenvalue weighted by Crippen LogP contribution is 2.23. The first-order valence-electron chi connectivity index (χ1n) is 5.26. The molecule has 86 valence electrons. The van der Waals surface area contributed by atoms with Crippen LogP contribution in [0.5, 0.6) is 0 Å². The van der Waals surface area contributed by atoms with Gasteiger partial charge in [-0.15, -0.1) is 11.3 Å². The quantitative estimate of drug-likeness (QED) is 0.853. The predicted octanol–water partition coefficient (Wildman–Crippen LogP) is 0.985. The van der Waals surface area contributed by atoms with Crippen molar-refractivity contribution < 1.29 is 9.59 Å². The van der Waals surface area contributed by atoms with Gasteiger partial charge in [-0.25, -0.2) is 0 Å². The van der Waals surface area contributed by atoms with E-state index in [1.807, 2.05) is 17.5 Å². The van der Waals surface area contributed by atoms with Crippen LogP contribution in [0.4, 0.5) is 0 Å². The molecule has 0 spiro atoms. The second-order valence-electron chi connectivity index (χ2n) is 3.77. The van der Waals surface area contributed by atoms with Gasteiger partial charge in [0.05, 0.1) is 6.54 Å². The van der Waals surface area contributed by atoms with Crippen LogP contribution in [-0.4, -0.2) is 29.8 Å². The van der Waals surface area contributed by atoms with E-state index in [-0.39, 0.29) is 17.9 Å². The Labute approximate surface area is 98.3 Å². The molecule has 4 nitrogen and oxygen atoms in total. The van der Waals surface area contributed by atoms with Crippen molar-refractivity contribution in [3.8, 4) is 0 Å². The van der Waals surface area contributed by atoms with Crippen molar-refractivity contribution in [2.75, 3.05) is 7.05 Å². The molecule has 0 unspecified atom stereocenters. The molecule has 16 heavy (non-hydrogen) atoms. The Morgan fingerprint density at radius 3 is 3.12 bits per heavy atom. The molecule has 0 saturated carbocycles. The maximum absolute atomic E-state index is 11.7. The fourth-order valence-corrected chi connectivity index (χ4v) is 2.64. The van der Waals surface area contributed by atoms with Crippen LogP contribution in [0.25, 0.3) is 0 Å². The van der Waals surface area contributed by atoms with E-state index in [1.165, 1.54) is 0 Å². The van der Waals surface area contributed by atoms with Crippen LogP contribution < -0.4 is 5.32 Å². The molecule has 1 N–H and O–H groups in total. The topological polar surface area (TPSA) is 49.4 Å². The van der Waals surface area contributed by atoms with Crippen molar-refractivity contribution in [1.82, 2.24) is 10.2 Å². The number of carbonyl (C=O) groups is 2. The first kappa shape index (κ1) is 11.1. The summed E-state index contributed by atoms with van der Waals surface area (Å²) in [5, 5.41) is 4.58. The van der Waals surface area contributed by atoms with E-state index >= 15 is 0 Å². The lowest BCUT2D eigenvalue weighted by atomic mass is 10.2. The molecule has 2 heterocycles. The zero-order valence-electron chi connectivity index (χ0n) is 9.10. The molecular formula is C11H14N2O2S. The number of amides is 2. The highest BCUT2D eigenvalue weighted by molar-refractivity contribution is 7.09. The number of hydrogen-bond acceptors (Lipinski definition) is 3. The van der Waals surface area contributed by atoms with E-state index in [0.29, 0.717) is 19.4 Å². The van der Waals surface area contributed by atoms with Crippen LogP contribution in [0, 0.1) is 0 Å². The third-order valence-corrected chi connectivity index (χ3v) is 3.64. The van der Waals surface area contributed by atoms with Crippen LogP contribution >= 0.6 is 11.3 Å². The molecule has 2 amide bonds. The molecule has 2 rings (SSSR count). The molecule has 0 radical (unpaired) electrons. The Morgan fingerprint density at radius 1 is 1.69 bits per heavy atom. The number of rotatable bonds is 3. The third kappa shape index (κ3) is 2.09. The van der Waals surface area contributed by atoms with Gasteiger partial charge in [0.2, 0.25) is 11.8 Å². The predicted molar refractivity (Wildman–Crippen MR) is 62.0 cm³/mol. The van der Waals surface area contributed by atoms with Gasteiger partial charge < -0.3 is 10.2 Å². The average Bonchev–Trinajstić information content (AvgIpc) is 2.90. The summed E-state index contributed by atoms with van der Waals surface area (Å²) in [5.41, 5.74) is 0. The zero-order valence-corrected chi connectivity index (χ0v) is 9.92. The normalized spacial score (nSPS) is 20.2. The maximum atomic E-state index is 11.7. The molecule has 1 aromatic rings. The number of likely N-dealkylation sites (N-methyl/N-ethyl adjacent to an activating group) is 1. The molecule has 0 bridgehead atoms. The molecule has 1 saturated heterocycles. The first-order valence-corrected chi connectivity index (χ1v) is 6.14. The Morgan fingerprint density at radius 2 is 2.50 bits per heavy atom. The van der Waals surface area contributed by atoms with Gasteiger partial charge in [-0.3, -0.25) is 9.59 Å². The van der Waals surface area contributed by atoms with Crippen LogP contribution in [0.15, 0.2) is 17.5 Å². The highest BCUT2D eigenvalue weighted by Gasteiger charge is 2.35. The minimum absolute atomic E-state index is 0.0672. The van der Waals surface area contributed by atoms with Gasteiger partial charge in [0.25, 0.3) is 0 Å². The van der Waals surface area contributed by atoms with Gasteiger partial charge in [0, 0.05) is 18.3 Å². The molecule has 1 atom stereocenters. The lowest BCUT2D eigenvalue weighted by Gasteiger charge is -2.22. The minimum Gasteiger partial charge on any atom is -0.357 e. The number of thiophene rings is 1. The standard InChI is InChI=1S/C11H14N2O2S/c1-12-11(15)9-4-5-10(14)13(9)7-8-3-2-6-16-8/h2-3,6,9H,4-5,7H2,1H3,(H,12,15)/t9-/m0/s1. The third-order valence-electron chi connectivity index (χ3n) is 2.78. The van der Waals surface area contributed by atoms with Crippen LogP contribution in [0.3, 0.4) is 0 Å². The summed E-state index contributed by atoms with van der Waals surface area (Å²) in [6, 6.07) is 3.65. The number of nitrogens with zero attached hydrogens (tertiary/aromatic N) is 1. The lowest BCUT2D eigenvalue weighted by Crippen LogP contribution is -2.42. The molecular weight excluding hydrogens is 224 g/mol. The van der Waals surface area contributed by atoms with Crippen molar-refractivity contribution >= 4 is 23.2 Å². The Bertz CT molecular complexity index is 389. The van der Waals surface area contributed by atoms with E-state index in [9.17, 15) is 9.59 Å². The molecule has 0 aliphatic carbocycles. The lowest BCUT2D eigenvalue weighted by molar-refractivity contribution is -0.135. The van der Waals surface area contributed by atoms with Crippen LogP contribution in [-0.2, 0) is 16.1 Å². The zero-order chi connectivity index (χ0) is 11.5. The minimum atomic E-state index is -0.292. The number of nitrogens with one attached hydrogen (secondary N) is 1. The summed E-state index contributed by atoms with van der Waals surface area (Å²) in [6.07, 6.45) is 1.10. The van der Waals surface area contributed by atoms with Gasteiger partial charge in [-0.2, -0.15) is 0 Å². The summed E-state index contributed by atoms with van der Waals surface area (Å²) in [7, 11) is 1.61. The number of carbonyl (C=O) groups excluding carboxylic acids is 2. The molecule has 5 heteroatoms. The van der Waals surface area contributed by atoms with Crippen molar-refractivity contribution in [2.24, 2.45) is 0 Å². The van der Waals surface area contributed by atoms with Gasteiger partial charge in [0.15, 0.2) is 0 Å². The smallest absolute Gasteiger partial charge is 0.242 e. The largest absolute Gasteiger partial charge is 0.357 e. The van der Waals surface area contributed by atoms with Gasteiger partial charge in [-0.05, 0) is 17.9 Å². The SMILES string of the molecule is CNC(=O)[C@@H]1CCC(=O)N1Cc1cccs1. The van der Waals surface area contributed by atoms with E-state index in [1.54, 1.807) is 23.3 Å². The summed E-state index contributed by atoms with van der Waals surface area (Å²) in [4.78, 5) is 26.1. The number of hydrogen-bond donors (Lipinski definition) is 1. The van der Waals surface area contributed by atoms with E-state index < -0.39 is 0 Å². The van der Waals surface area contributed by atoms with E-state index in [2.05, 4.69) is 5.32 Å². The second kappa shape index (κ2) is 4.65. The maximum Gasteiger partial charge on any atom is 0.242 e. The summed E-state index contributed by atoms with van der Waals surface area (Å²) in [6.45, 7) is 0.550. The Kier molecular flexibility index (Phi) is 3.24. The summed E-state index contributed by atoms with van der Waals surface area (Å²) in [5.74, 6) is 0.00408. The van der Waals surface area contributed by atoms with Gasteiger partial charge >= 0.3 is 0 Å². The van der Waals surface area contributed by atoms with E-state index in [0.717, 1.165) is 4.88 Å². The summed E-state index contributed by atoms with van der Waals surface area (Å²) >= 11 is 1.61. The fraction of sp³-hybridized carbons (Fsp3) is 0.455. The second-order valence-corrected chi connectivity index (χ2v) is 4.80. The van der Waals surface area contributed by atoms with Gasteiger partial charge in [0.1, 0.15) is 6.04 Å².